The molecular formula is C11H14BrClN4S. The maximum Gasteiger partial charge on any atom is 0.0985 e. The van der Waals surface area contributed by atoms with Crippen LogP contribution >= 0.6 is 38.9 Å². The molecule has 1 unspecified atom stereocenters. The lowest BCUT2D eigenvalue weighted by molar-refractivity contribution is 0.524. The number of nitrogens with two attached hydrogens (primary N) is 1. The fourth-order valence-corrected chi connectivity index (χ4v) is 3.58. The lowest BCUT2D eigenvalue weighted by atomic mass is 10.2. The molecule has 1 atom stereocenters. The zero-order valence-electron chi connectivity index (χ0n) is 9.86. The second kappa shape index (κ2) is 6.16. The van der Waals surface area contributed by atoms with Crippen molar-refractivity contribution in [2.24, 2.45) is 5.84 Å². The van der Waals surface area contributed by atoms with Gasteiger partial charge >= 0.3 is 0 Å². The number of hydrazine groups is 1. The van der Waals surface area contributed by atoms with Gasteiger partial charge in [-0.15, -0.1) is 11.3 Å². The number of nitrogens with one attached hydrogen (secondary N) is 1. The third-order valence-electron chi connectivity index (χ3n) is 2.58. The van der Waals surface area contributed by atoms with Gasteiger partial charge in [-0.25, -0.2) is 5.43 Å². The summed E-state index contributed by atoms with van der Waals surface area (Å²) >= 11 is 11.3. The Morgan fingerprint density at radius 2 is 2.44 bits per heavy atom. The average molecular weight is 350 g/mol. The van der Waals surface area contributed by atoms with Crippen LogP contribution < -0.4 is 11.3 Å². The first-order chi connectivity index (χ1) is 8.67. The third kappa shape index (κ3) is 2.78. The van der Waals surface area contributed by atoms with Crippen LogP contribution in [0, 0.1) is 0 Å². The first kappa shape index (κ1) is 14.0. The van der Waals surface area contributed by atoms with E-state index >= 15 is 0 Å². The van der Waals surface area contributed by atoms with Gasteiger partial charge in [-0.3, -0.25) is 10.5 Å². The van der Waals surface area contributed by atoms with E-state index in [0.29, 0.717) is 5.02 Å². The maximum absolute atomic E-state index is 6.22. The minimum atomic E-state index is -0.136. The van der Waals surface area contributed by atoms with Crippen molar-refractivity contribution in [3.05, 3.63) is 37.7 Å². The van der Waals surface area contributed by atoms with Crippen LogP contribution in [0.15, 0.2) is 22.1 Å². The van der Waals surface area contributed by atoms with E-state index in [1.54, 1.807) is 17.5 Å². The van der Waals surface area contributed by atoms with E-state index in [-0.39, 0.29) is 6.04 Å². The highest BCUT2D eigenvalue weighted by atomic mass is 79.9. The Labute approximate surface area is 123 Å². The molecule has 2 heterocycles. The van der Waals surface area contributed by atoms with Gasteiger partial charge in [0.25, 0.3) is 0 Å². The standard InChI is InChI=1S/C11H14BrClN4S/c1-2-3-17-11(8(13)5-15-17)10(16-14)9-4-7(12)6-18-9/h4-6,10,16H,2-3,14H2,1H3. The van der Waals surface area contributed by atoms with Crippen molar-refractivity contribution in [1.29, 1.82) is 0 Å². The van der Waals surface area contributed by atoms with Crippen LogP contribution in [0.4, 0.5) is 0 Å². The largest absolute Gasteiger partial charge is 0.270 e. The highest BCUT2D eigenvalue weighted by molar-refractivity contribution is 9.10. The Balaban J connectivity index is 2.41. The number of hydrogen-bond acceptors (Lipinski definition) is 4. The van der Waals surface area contributed by atoms with E-state index in [2.05, 4.69) is 33.4 Å². The number of nitrogens with zero attached hydrogens (tertiary/aromatic N) is 2. The van der Waals surface area contributed by atoms with Crippen LogP contribution in [0.5, 0.6) is 0 Å². The molecule has 0 aliphatic carbocycles. The van der Waals surface area contributed by atoms with Gasteiger partial charge in [0.05, 0.1) is 23.0 Å². The Morgan fingerprint density at radius 3 is 3.00 bits per heavy atom. The molecule has 0 spiro atoms. The zero-order valence-corrected chi connectivity index (χ0v) is 13.0. The number of thiophene rings is 1. The Morgan fingerprint density at radius 1 is 1.67 bits per heavy atom. The summed E-state index contributed by atoms with van der Waals surface area (Å²) < 4.78 is 2.95. The molecule has 2 rings (SSSR count). The Kier molecular flexibility index (Phi) is 4.80. The minimum Gasteiger partial charge on any atom is -0.270 e. The van der Waals surface area contributed by atoms with Crippen LogP contribution in [0.3, 0.4) is 0 Å². The van der Waals surface area contributed by atoms with Gasteiger partial charge in [-0.05, 0) is 28.4 Å². The van der Waals surface area contributed by atoms with Crippen molar-refractivity contribution in [2.75, 3.05) is 0 Å². The number of aromatic nitrogens is 2. The van der Waals surface area contributed by atoms with Crippen LogP contribution in [-0.2, 0) is 6.54 Å². The molecule has 98 valence electrons. The van der Waals surface area contributed by atoms with Gasteiger partial charge in [-0.1, -0.05) is 18.5 Å². The van der Waals surface area contributed by atoms with Crippen molar-refractivity contribution in [3.8, 4) is 0 Å². The highest BCUT2D eigenvalue weighted by Gasteiger charge is 2.22. The summed E-state index contributed by atoms with van der Waals surface area (Å²) in [5.41, 5.74) is 3.73. The van der Waals surface area contributed by atoms with E-state index < -0.39 is 0 Å². The monoisotopic (exact) mass is 348 g/mol. The molecule has 2 aromatic rings. The third-order valence-corrected chi connectivity index (χ3v) is 4.63. The molecule has 0 amide bonds. The maximum atomic E-state index is 6.22. The summed E-state index contributed by atoms with van der Waals surface area (Å²) in [5, 5.41) is 6.95. The minimum absolute atomic E-state index is 0.136. The smallest absolute Gasteiger partial charge is 0.0985 e. The van der Waals surface area contributed by atoms with Gasteiger partial charge < -0.3 is 0 Å². The van der Waals surface area contributed by atoms with Crippen LogP contribution in [0.2, 0.25) is 5.02 Å². The normalized spacial score (nSPS) is 12.9. The molecule has 2 aromatic heterocycles. The van der Waals surface area contributed by atoms with Crippen molar-refractivity contribution in [1.82, 2.24) is 15.2 Å². The van der Waals surface area contributed by atoms with Gasteiger partial charge in [0.1, 0.15) is 0 Å². The fraction of sp³-hybridized carbons (Fsp3) is 0.364. The summed E-state index contributed by atoms with van der Waals surface area (Å²) in [6.45, 7) is 2.93. The lowest BCUT2D eigenvalue weighted by Crippen LogP contribution is -2.30. The molecule has 0 fully saturated rings. The molecule has 3 N–H and O–H groups in total. The van der Waals surface area contributed by atoms with Crippen LogP contribution in [0.25, 0.3) is 0 Å². The van der Waals surface area contributed by atoms with Crippen LogP contribution in [0.1, 0.15) is 30.0 Å². The summed E-state index contributed by atoms with van der Waals surface area (Å²) in [6, 6.07) is 1.90. The molecule has 0 aliphatic heterocycles. The number of rotatable bonds is 5. The molecule has 0 aromatic carbocycles. The summed E-state index contributed by atoms with van der Waals surface area (Å²) in [4.78, 5) is 1.10. The number of hydrogen-bond donors (Lipinski definition) is 2. The molecule has 7 heteroatoms. The zero-order chi connectivity index (χ0) is 13.1. The Bertz CT molecular complexity index is 525. The van der Waals surface area contributed by atoms with E-state index in [0.717, 1.165) is 28.0 Å². The fourth-order valence-electron chi connectivity index (χ4n) is 1.82. The van der Waals surface area contributed by atoms with E-state index in [1.807, 2.05) is 16.1 Å². The van der Waals surface area contributed by atoms with Crippen molar-refractivity contribution >= 4 is 38.9 Å². The van der Waals surface area contributed by atoms with Crippen molar-refractivity contribution in [3.63, 3.8) is 0 Å². The van der Waals surface area contributed by atoms with Gasteiger partial charge in [0, 0.05) is 21.3 Å². The summed E-state index contributed by atoms with van der Waals surface area (Å²) in [5.74, 6) is 5.68. The summed E-state index contributed by atoms with van der Waals surface area (Å²) in [6.07, 6.45) is 2.66. The van der Waals surface area contributed by atoms with Gasteiger partial charge in [0.2, 0.25) is 0 Å². The quantitative estimate of drug-likeness (QED) is 0.643. The molecule has 0 aliphatic rings. The first-order valence-corrected chi connectivity index (χ1v) is 7.63. The molecule has 0 saturated carbocycles. The first-order valence-electron chi connectivity index (χ1n) is 5.58. The van der Waals surface area contributed by atoms with E-state index in [9.17, 15) is 0 Å². The van der Waals surface area contributed by atoms with Gasteiger partial charge in [-0.2, -0.15) is 5.10 Å². The van der Waals surface area contributed by atoms with E-state index in [1.165, 1.54) is 0 Å². The number of halogens is 2. The van der Waals surface area contributed by atoms with Crippen molar-refractivity contribution < 1.29 is 0 Å². The topological polar surface area (TPSA) is 55.9 Å². The molecule has 0 radical (unpaired) electrons. The van der Waals surface area contributed by atoms with Gasteiger partial charge in [0.15, 0.2) is 0 Å². The summed E-state index contributed by atoms with van der Waals surface area (Å²) in [7, 11) is 0. The number of aryl methyl sites for hydroxylation is 1. The van der Waals surface area contributed by atoms with E-state index in [4.69, 9.17) is 17.4 Å². The second-order valence-corrected chi connectivity index (χ2v) is 6.13. The second-order valence-electron chi connectivity index (χ2n) is 3.87. The lowest BCUT2D eigenvalue weighted by Gasteiger charge is -2.16. The SMILES string of the molecule is CCCn1ncc(Cl)c1C(NN)c1cc(Br)cs1. The highest BCUT2D eigenvalue weighted by Crippen LogP contribution is 2.33. The Hall–Kier alpha value is -0.400. The molecular weight excluding hydrogens is 336 g/mol. The predicted octanol–water partition coefficient (Wildman–Crippen LogP) is 3.32. The van der Waals surface area contributed by atoms with Crippen molar-refractivity contribution in [2.45, 2.75) is 25.9 Å². The molecule has 4 nitrogen and oxygen atoms in total. The van der Waals surface area contributed by atoms with Crippen LogP contribution in [-0.4, -0.2) is 9.78 Å². The predicted molar refractivity (Wildman–Crippen MR) is 78.7 cm³/mol. The molecule has 0 saturated heterocycles. The average Bonchev–Trinajstić information content (AvgIpc) is 2.91. The molecule has 0 bridgehead atoms. The molecule has 18 heavy (non-hydrogen) atoms.